The SMILES string of the molecule is C=CCN(C(=O)NCc1ccccc1)N1CC(=O)N2[C@@H](Cc3ccc(O)cc3)C(=O)N(Cc3c(Cl)cc(Cl)c4cccnc34)C[C@@H]21. The number of fused-ring (bicyclic) bond motifs is 2. The van der Waals surface area contributed by atoms with Crippen LogP contribution in [0.4, 0.5) is 4.79 Å². The molecule has 6 rings (SSSR count). The topological polar surface area (TPSA) is 109 Å². The number of aromatic hydroxyl groups is 1. The third-order valence-corrected chi connectivity index (χ3v) is 8.96. The van der Waals surface area contributed by atoms with Crippen LogP contribution in [-0.4, -0.2) is 79.6 Å². The second-order valence-electron chi connectivity index (χ2n) is 11.2. The van der Waals surface area contributed by atoms with Crippen molar-refractivity contribution < 1.29 is 19.5 Å². The van der Waals surface area contributed by atoms with Gasteiger partial charge in [-0.15, -0.1) is 6.58 Å². The van der Waals surface area contributed by atoms with Crippen LogP contribution in [0.25, 0.3) is 10.9 Å². The van der Waals surface area contributed by atoms with Crippen molar-refractivity contribution in [3.8, 4) is 5.75 Å². The fraction of sp³-hybridized carbons (Fsp3) is 0.235. The lowest BCUT2D eigenvalue weighted by Gasteiger charge is -2.46. The predicted octanol–water partition coefficient (Wildman–Crippen LogP) is 4.98. The lowest BCUT2D eigenvalue weighted by atomic mass is 9.99. The molecule has 3 heterocycles. The molecule has 4 aromatic rings. The van der Waals surface area contributed by atoms with E-state index < -0.39 is 18.2 Å². The zero-order chi connectivity index (χ0) is 32.4. The van der Waals surface area contributed by atoms with Crippen LogP contribution in [-0.2, 0) is 29.1 Å². The molecule has 2 aliphatic rings. The molecule has 12 heteroatoms. The molecule has 0 unspecified atom stereocenters. The maximum Gasteiger partial charge on any atom is 0.332 e. The Labute approximate surface area is 276 Å². The number of aromatic nitrogens is 1. The van der Waals surface area contributed by atoms with Crippen molar-refractivity contribution >= 4 is 52.0 Å². The van der Waals surface area contributed by atoms with Crippen LogP contribution in [0, 0.1) is 0 Å². The number of hydrogen-bond donors (Lipinski definition) is 2. The van der Waals surface area contributed by atoms with Gasteiger partial charge in [-0.1, -0.05) is 71.7 Å². The van der Waals surface area contributed by atoms with Gasteiger partial charge >= 0.3 is 6.03 Å². The van der Waals surface area contributed by atoms with Crippen LogP contribution < -0.4 is 5.32 Å². The molecule has 4 amide bonds. The van der Waals surface area contributed by atoms with E-state index in [2.05, 4.69) is 16.9 Å². The number of halogens is 2. The first kappa shape index (κ1) is 31.3. The first-order valence-electron chi connectivity index (χ1n) is 14.8. The summed E-state index contributed by atoms with van der Waals surface area (Å²) in [5.41, 5.74) is 2.91. The molecule has 46 heavy (non-hydrogen) atoms. The number of nitrogens with one attached hydrogen (secondary N) is 1. The first-order valence-corrected chi connectivity index (χ1v) is 15.6. The molecule has 236 valence electrons. The highest BCUT2D eigenvalue weighted by atomic mass is 35.5. The lowest BCUT2D eigenvalue weighted by Crippen LogP contribution is -2.66. The molecule has 3 aromatic carbocycles. The van der Waals surface area contributed by atoms with E-state index in [1.807, 2.05) is 36.4 Å². The monoisotopic (exact) mass is 658 g/mol. The molecule has 2 aliphatic heterocycles. The van der Waals surface area contributed by atoms with Gasteiger partial charge < -0.3 is 20.2 Å². The van der Waals surface area contributed by atoms with Crippen LogP contribution in [0.1, 0.15) is 16.7 Å². The smallest absolute Gasteiger partial charge is 0.332 e. The Morgan fingerprint density at radius 2 is 1.80 bits per heavy atom. The van der Waals surface area contributed by atoms with Crippen LogP contribution in [0.2, 0.25) is 10.0 Å². The molecule has 0 aliphatic carbocycles. The summed E-state index contributed by atoms with van der Waals surface area (Å²) in [5, 5.41) is 17.5. The number of phenols is 1. The van der Waals surface area contributed by atoms with Crippen LogP contribution >= 0.6 is 23.2 Å². The Morgan fingerprint density at radius 3 is 2.54 bits per heavy atom. The molecule has 0 saturated carbocycles. The highest BCUT2D eigenvalue weighted by Gasteiger charge is 2.52. The molecule has 2 atom stereocenters. The minimum atomic E-state index is -0.871. The van der Waals surface area contributed by atoms with Gasteiger partial charge in [-0.05, 0) is 41.5 Å². The second-order valence-corrected chi connectivity index (χ2v) is 12.0. The van der Waals surface area contributed by atoms with E-state index in [0.29, 0.717) is 33.1 Å². The summed E-state index contributed by atoms with van der Waals surface area (Å²) in [6, 6.07) is 20.1. The van der Waals surface area contributed by atoms with Crippen molar-refractivity contribution in [2.75, 3.05) is 19.6 Å². The number of benzene rings is 3. The van der Waals surface area contributed by atoms with E-state index in [0.717, 1.165) is 11.1 Å². The zero-order valence-corrected chi connectivity index (χ0v) is 26.4. The maximum atomic E-state index is 14.3. The normalized spacial score (nSPS) is 18.1. The highest BCUT2D eigenvalue weighted by Crippen LogP contribution is 2.35. The van der Waals surface area contributed by atoms with E-state index >= 15 is 0 Å². The largest absolute Gasteiger partial charge is 0.508 e. The Kier molecular flexibility index (Phi) is 9.12. The summed E-state index contributed by atoms with van der Waals surface area (Å²) < 4.78 is 0. The van der Waals surface area contributed by atoms with Gasteiger partial charge in [0, 0.05) is 41.7 Å². The number of hydrazine groups is 1. The van der Waals surface area contributed by atoms with Crippen LogP contribution in [0.3, 0.4) is 0 Å². The van der Waals surface area contributed by atoms with Gasteiger partial charge in [0.2, 0.25) is 11.8 Å². The van der Waals surface area contributed by atoms with Gasteiger partial charge in [0.05, 0.1) is 30.2 Å². The lowest BCUT2D eigenvalue weighted by molar-refractivity contribution is -0.157. The Balaban J connectivity index is 1.35. The number of phenolic OH excluding ortho intramolecular Hbond substituents is 1. The van der Waals surface area contributed by atoms with Crippen molar-refractivity contribution in [2.45, 2.75) is 31.7 Å². The number of pyridine rings is 1. The Bertz CT molecular complexity index is 1790. The molecule has 2 N–H and O–H groups in total. The standard InChI is InChI=1S/C34H32Cl2N6O4/c1-2-15-40(34(46)38-18-23-7-4-3-5-8-23)41-21-31(44)42-29(16-22-10-12-24(43)13-11-22)33(45)39(20-30(41)42)19-26-28(36)17-27(35)25-9-6-14-37-32(25)26/h2-14,17,29-30,43H,1,15-16,18-21H2,(H,38,46)/t29-,30+/m0/s1. The zero-order valence-electron chi connectivity index (χ0n) is 24.9. The van der Waals surface area contributed by atoms with Crippen molar-refractivity contribution in [3.63, 3.8) is 0 Å². The second kappa shape index (κ2) is 13.4. The number of urea groups is 1. The molecule has 10 nitrogen and oxygen atoms in total. The van der Waals surface area contributed by atoms with Gasteiger partial charge in [0.1, 0.15) is 18.0 Å². The van der Waals surface area contributed by atoms with E-state index in [4.69, 9.17) is 23.2 Å². The maximum absolute atomic E-state index is 14.3. The molecular formula is C34H32Cl2N6O4. The minimum Gasteiger partial charge on any atom is -0.508 e. The molecule has 0 bridgehead atoms. The number of hydrogen-bond acceptors (Lipinski definition) is 6. The molecule has 2 saturated heterocycles. The minimum absolute atomic E-state index is 0.0972. The average Bonchev–Trinajstić information content (AvgIpc) is 3.38. The number of carbonyl (C=O) groups excluding carboxylic acids is 3. The summed E-state index contributed by atoms with van der Waals surface area (Å²) in [4.78, 5) is 49.3. The Hall–Kier alpha value is -4.64. The summed E-state index contributed by atoms with van der Waals surface area (Å²) in [6.07, 6.45) is 2.80. The van der Waals surface area contributed by atoms with Gasteiger partial charge in [-0.2, -0.15) is 5.01 Å². The van der Waals surface area contributed by atoms with E-state index in [-0.39, 0.29) is 50.2 Å². The van der Waals surface area contributed by atoms with Gasteiger partial charge in [0.25, 0.3) is 0 Å². The van der Waals surface area contributed by atoms with Gasteiger partial charge in [-0.25, -0.2) is 4.79 Å². The van der Waals surface area contributed by atoms with Crippen molar-refractivity contribution in [2.24, 2.45) is 0 Å². The van der Waals surface area contributed by atoms with Crippen LogP contribution in [0.5, 0.6) is 5.75 Å². The summed E-state index contributed by atoms with van der Waals surface area (Å²) in [5.74, 6) is -0.443. The molecule has 0 spiro atoms. The number of amides is 4. The number of carbonyl (C=O) groups is 3. The van der Waals surface area contributed by atoms with Crippen molar-refractivity contribution in [3.05, 3.63) is 118 Å². The average molecular weight is 660 g/mol. The third-order valence-electron chi connectivity index (χ3n) is 8.31. The summed E-state index contributed by atoms with van der Waals surface area (Å²) in [7, 11) is 0. The summed E-state index contributed by atoms with van der Waals surface area (Å²) in [6.45, 7) is 4.41. The fourth-order valence-electron chi connectivity index (χ4n) is 6.11. The Morgan fingerprint density at radius 1 is 1.04 bits per heavy atom. The van der Waals surface area contributed by atoms with E-state index in [1.165, 1.54) is 5.01 Å². The quantitative estimate of drug-likeness (QED) is 0.246. The molecule has 1 aromatic heterocycles. The predicted molar refractivity (Wildman–Crippen MR) is 176 cm³/mol. The fourth-order valence-corrected chi connectivity index (χ4v) is 6.68. The van der Waals surface area contributed by atoms with Crippen LogP contribution in [0.15, 0.2) is 91.6 Å². The number of nitrogens with zero attached hydrogens (tertiary/aromatic N) is 5. The number of rotatable bonds is 9. The third kappa shape index (κ3) is 6.24. The van der Waals surface area contributed by atoms with Gasteiger partial charge in [0.15, 0.2) is 0 Å². The van der Waals surface area contributed by atoms with Gasteiger partial charge in [-0.3, -0.25) is 19.6 Å². The first-order chi connectivity index (χ1) is 22.2. The summed E-state index contributed by atoms with van der Waals surface area (Å²) >= 11 is 13.2. The molecule has 2 fully saturated rings. The molecule has 0 radical (unpaired) electrons. The number of piperazine rings is 1. The van der Waals surface area contributed by atoms with E-state index in [9.17, 15) is 19.5 Å². The highest BCUT2D eigenvalue weighted by molar-refractivity contribution is 6.39. The van der Waals surface area contributed by atoms with Crippen molar-refractivity contribution in [1.82, 2.24) is 30.1 Å². The van der Waals surface area contributed by atoms with E-state index in [1.54, 1.807) is 63.5 Å². The molecular weight excluding hydrogens is 627 g/mol. The van der Waals surface area contributed by atoms with Crippen molar-refractivity contribution in [1.29, 1.82) is 0 Å².